The van der Waals surface area contributed by atoms with Crippen LogP contribution in [0.4, 0.5) is 0 Å². The standard InChI is InChI=1S/C14H14N2O4/c15-9-12-3-1-11(2-4-12)5-6-13(17)16-7-8-20-10-14(18)19/h1-6H,7-8,10H2,(H,16,17)(H,18,19). The maximum absolute atomic E-state index is 11.4. The highest BCUT2D eigenvalue weighted by atomic mass is 16.5. The Morgan fingerprint density at radius 3 is 2.65 bits per heavy atom. The van der Waals surface area contributed by atoms with Gasteiger partial charge in [-0.1, -0.05) is 12.1 Å². The van der Waals surface area contributed by atoms with Crippen molar-refractivity contribution < 1.29 is 19.4 Å². The molecule has 2 N–H and O–H groups in total. The fourth-order valence-electron chi connectivity index (χ4n) is 1.31. The molecule has 1 aromatic rings. The van der Waals surface area contributed by atoms with Gasteiger partial charge in [-0.25, -0.2) is 4.79 Å². The second-order valence-electron chi connectivity index (χ2n) is 3.80. The molecule has 0 aromatic heterocycles. The minimum atomic E-state index is -1.04. The lowest BCUT2D eigenvalue weighted by atomic mass is 10.1. The predicted octanol–water partition coefficient (Wildman–Crippen LogP) is 0.789. The number of nitriles is 1. The van der Waals surface area contributed by atoms with Crippen LogP contribution in [0, 0.1) is 11.3 Å². The molecule has 6 heteroatoms. The molecule has 20 heavy (non-hydrogen) atoms. The summed E-state index contributed by atoms with van der Waals surface area (Å²) in [5.74, 6) is -1.34. The minimum Gasteiger partial charge on any atom is -0.480 e. The van der Waals surface area contributed by atoms with Crippen molar-refractivity contribution in [2.24, 2.45) is 0 Å². The molecule has 0 spiro atoms. The van der Waals surface area contributed by atoms with Gasteiger partial charge in [0.25, 0.3) is 0 Å². The molecule has 0 bridgehead atoms. The normalized spacial score (nSPS) is 10.2. The average molecular weight is 274 g/mol. The molecular formula is C14H14N2O4. The van der Waals surface area contributed by atoms with Crippen molar-refractivity contribution in [3.63, 3.8) is 0 Å². The SMILES string of the molecule is N#Cc1ccc(C=CC(=O)NCCOCC(=O)O)cc1. The first-order chi connectivity index (χ1) is 9.61. The smallest absolute Gasteiger partial charge is 0.329 e. The van der Waals surface area contributed by atoms with Crippen molar-refractivity contribution in [3.05, 3.63) is 41.5 Å². The largest absolute Gasteiger partial charge is 0.480 e. The molecule has 0 aliphatic heterocycles. The van der Waals surface area contributed by atoms with Gasteiger partial charge < -0.3 is 15.2 Å². The lowest BCUT2D eigenvalue weighted by Crippen LogP contribution is -2.26. The second-order valence-corrected chi connectivity index (χ2v) is 3.80. The van der Waals surface area contributed by atoms with E-state index in [4.69, 9.17) is 15.1 Å². The van der Waals surface area contributed by atoms with Crippen LogP contribution in [-0.4, -0.2) is 36.7 Å². The van der Waals surface area contributed by atoms with E-state index >= 15 is 0 Å². The summed E-state index contributed by atoms with van der Waals surface area (Å²) in [5.41, 5.74) is 1.36. The van der Waals surface area contributed by atoms with Crippen LogP contribution in [0.25, 0.3) is 6.08 Å². The average Bonchev–Trinajstić information content (AvgIpc) is 2.45. The van der Waals surface area contributed by atoms with E-state index in [-0.39, 0.29) is 25.7 Å². The zero-order valence-corrected chi connectivity index (χ0v) is 10.7. The molecule has 6 nitrogen and oxygen atoms in total. The number of nitrogens with one attached hydrogen (secondary N) is 1. The summed E-state index contributed by atoms with van der Waals surface area (Å²) >= 11 is 0. The number of rotatable bonds is 7. The molecule has 1 aromatic carbocycles. The number of amides is 1. The van der Waals surface area contributed by atoms with Gasteiger partial charge in [-0.2, -0.15) is 5.26 Å². The van der Waals surface area contributed by atoms with Crippen molar-refractivity contribution in [1.82, 2.24) is 5.32 Å². The highest BCUT2D eigenvalue weighted by Gasteiger charge is 1.98. The zero-order chi connectivity index (χ0) is 14.8. The highest BCUT2D eigenvalue weighted by Crippen LogP contribution is 2.04. The number of nitrogens with zero attached hydrogens (tertiary/aromatic N) is 1. The lowest BCUT2D eigenvalue weighted by Gasteiger charge is -2.02. The van der Waals surface area contributed by atoms with Crippen LogP contribution in [0.3, 0.4) is 0 Å². The Bertz CT molecular complexity index is 529. The molecule has 0 saturated heterocycles. The molecule has 0 heterocycles. The van der Waals surface area contributed by atoms with Crippen molar-refractivity contribution in [1.29, 1.82) is 5.26 Å². The van der Waals surface area contributed by atoms with E-state index in [0.29, 0.717) is 5.56 Å². The summed E-state index contributed by atoms with van der Waals surface area (Å²) in [6, 6.07) is 8.80. The Morgan fingerprint density at radius 1 is 1.35 bits per heavy atom. The molecule has 0 aliphatic carbocycles. The van der Waals surface area contributed by atoms with Gasteiger partial charge in [0.15, 0.2) is 0 Å². The van der Waals surface area contributed by atoms with Crippen LogP contribution in [0.15, 0.2) is 30.3 Å². The van der Waals surface area contributed by atoms with Crippen molar-refractivity contribution in [2.45, 2.75) is 0 Å². The Balaban J connectivity index is 2.29. The predicted molar refractivity (Wildman–Crippen MR) is 71.7 cm³/mol. The molecule has 0 fully saturated rings. The quantitative estimate of drug-likeness (QED) is 0.565. The maximum Gasteiger partial charge on any atom is 0.329 e. The number of carbonyl (C=O) groups excluding carboxylic acids is 1. The Labute approximate surface area is 116 Å². The summed E-state index contributed by atoms with van der Waals surface area (Å²) in [5, 5.41) is 19.5. The number of carboxylic acid groups (broad SMARTS) is 1. The van der Waals surface area contributed by atoms with Gasteiger partial charge in [0, 0.05) is 12.6 Å². The van der Waals surface area contributed by atoms with Gasteiger partial charge in [-0.05, 0) is 23.8 Å². The van der Waals surface area contributed by atoms with E-state index in [0.717, 1.165) is 5.56 Å². The van der Waals surface area contributed by atoms with E-state index in [9.17, 15) is 9.59 Å². The summed E-state index contributed by atoms with van der Waals surface area (Å²) in [6.07, 6.45) is 2.98. The monoisotopic (exact) mass is 274 g/mol. The summed E-state index contributed by atoms with van der Waals surface area (Å²) in [6.45, 7) is 0.00349. The third-order valence-corrected chi connectivity index (χ3v) is 2.24. The minimum absolute atomic E-state index is 0.142. The summed E-state index contributed by atoms with van der Waals surface area (Å²) in [7, 11) is 0. The first-order valence-corrected chi connectivity index (χ1v) is 5.87. The fraction of sp³-hybridized carbons (Fsp3) is 0.214. The molecule has 0 radical (unpaired) electrons. The molecule has 0 atom stereocenters. The van der Waals surface area contributed by atoms with Crippen LogP contribution >= 0.6 is 0 Å². The van der Waals surface area contributed by atoms with Crippen molar-refractivity contribution >= 4 is 18.0 Å². The maximum atomic E-state index is 11.4. The zero-order valence-electron chi connectivity index (χ0n) is 10.7. The Hall–Kier alpha value is -2.65. The summed E-state index contributed by atoms with van der Waals surface area (Å²) in [4.78, 5) is 21.6. The Kier molecular flexibility index (Phi) is 6.51. The number of ether oxygens (including phenoxy) is 1. The third kappa shape index (κ3) is 6.33. The first-order valence-electron chi connectivity index (χ1n) is 5.87. The van der Waals surface area contributed by atoms with Gasteiger partial charge in [-0.15, -0.1) is 0 Å². The van der Waals surface area contributed by atoms with Crippen LogP contribution < -0.4 is 5.32 Å². The molecule has 1 amide bonds. The molecular weight excluding hydrogens is 260 g/mol. The van der Waals surface area contributed by atoms with Crippen LogP contribution in [-0.2, 0) is 14.3 Å². The fourth-order valence-corrected chi connectivity index (χ4v) is 1.31. The molecule has 0 aliphatic rings. The topological polar surface area (TPSA) is 99.4 Å². The number of carboxylic acids is 1. The van der Waals surface area contributed by atoms with Crippen LogP contribution in [0.1, 0.15) is 11.1 Å². The highest BCUT2D eigenvalue weighted by molar-refractivity contribution is 5.91. The Morgan fingerprint density at radius 2 is 2.05 bits per heavy atom. The van der Waals surface area contributed by atoms with Crippen molar-refractivity contribution in [3.8, 4) is 6.07 Å². The van der Waals surface area contributed by atoms with E-state index in [1.165, 1.54) is 6.08 Å². The molecule has 0 unspecified atom stereocenters. The van der Waals surface area contributed by atoms with Gasteiger partial charge in [0.1, 0.15) is 6.61 Å². The number of aliphatic carboxylic acids is 1. The van der Waals surface area contributed by atoms with Crippen molar-refractivity contribution in [2.75, 3.05) is 19.8 Å². The molecule has 0 saturated carbocycles. The van der Waals surface area contributed by atoms with E-state index < -0.39 is 5.97 Å². The van der Waals surface area contributed by atoms with Gasteiger partial charge in [-0.3, -0.25) is 4.79 Å². The van der Waals surface area contributed by atoms with E-state index in [1.54, 1.807) is 30.3 Å². The van der Waals surface area contributed by atoms with Gasteiger partial charge >= 0.3 is 5.97 Å². The molecule has 1 rings (SSSR count). The van der Waals surface area contributed by atoms with Gasteiger partial charge in [0.05, 0.1) is 18.2 Å². The first kappa shape index (κ1) is 15.4. The third-order valence-electron chi connectivity index (χ3n) is 2.24. The number of hydrogen-bond donors (Lipinski definition) is 2. The lowest BCUT2D eigenvalue weighted by molar-refractivity contribution is -0.142. The van der Waals surface area contributed by atoms with E-state index in [2.05, 4.69) is 5.32 Å². The second kappa shape index (κ2) is 8.45. The van der Waals surface area contributed by atoms with Crippen LogP contribution in [0.2, 0.25) is 0 Å². The van der Waals surface area contributed by atoms with E-state index in [1.807, 2.05) is 6.07 Å². The number of benzene rings is 1. The molecule has 104 valence electrons. The number of hydrogen-bond acceptors (Lipinski definition) is 4. The summed E-state index contributed by atoms with van der Waals surface area (Å²) < 4.78 is 4.76. The number of carbonyl (C=O) groups is 2. The van der Waals surface area contributed by atoms with Crippen LogP contribution in [0.5, 0.6) is 0 Å². The van der Waals surface area contributed by atoms with Gasteiger partial charge in [0.2, 0.25) is 5.91 Å².